The van der Waals surface area contributed by atoms with Gasteiger partial charge >= 0.3 is 0 Å². The summed E-state index contributed by atoms with van der Waals surface area (Å²) in [6, 6.07) is 7.03. The number of likely N-dealkylation sites (N-methyl/N-ethyl adjacent to an activating group) is 1. The van der Waals surface area contributed by atoms with Crippen molar-refractivity contribution in [3.05, 3.63) is 53.6 Å². The van der Waals surface area contributed by atoms with Crippen LogP contribution in [0.4, 0.5) is 4.39 Å². The first kappa shape index (κ1) is 17.1. The van der Waals surface area contributed by atoms with Crippen LogP contribution in [0, 0.1) is 5.82 Å². The van der Waals surface area contributed by atoms with E-state index in [2.05, 4.69) is 22.2 Å². The standard InChI is InChI=1S/C18H25FN4O/c1-3-23-8-9-24-17(18(23)15-11-21-22(2)13-15)12-20-10-14-6-4-5-7-16(14)19/h4-7,11,13,17-18,20H,3,8-10,12H2,1-2H3/t17-,18-/m0/s1. The van der Waals surface area contributed by atoms with E-state index < -0.39 is 0 Å². The second-order valence-electron chi connectivity index (χ2n) is 6.15. The predicted octanol–water partition coefficient (Wildman–Crippen LogP) is 2.11. The van der Waals surface area contributed by atoms with Gasteiger partial charge in [-0.05, 0) is 12.6 Å². The summed E-state index contributed by atoms with van der Waals surface area (Å²) < 4.78 is 21.6. The number of hydrogen-bond acceptors (Lipinski definition) is 4. The van der Waals surface area contributed by atoms with Gasteiger partial charge in [0.25, 0.3) is 0 Å². The summed E-state index contributed by atoms with van der Waals surface area (Å²) >= 11 is 0. The topological polar surface area (TPSA) is 42.3 Å². The molecule has 2 atom stereocenters. The zero-order valence-corrected chi connectivity index (χ0v) is 14.3. The van der Waals surface area contributed by atoms with Crippen LogP contribution in [0.1, 0.15) is 24.1 Å². The van der Waals surface area contributed by atoms with Crippen LogP contribution in [-0.2, 0) is 18.3 Å². The van der Waals surface area contributed by atoms with Crippen molar-refractivity contribution in [1.82, 2.24) is 20.0 Å². The Bertz CT molecular complexity index is 660. The molecule has 0 unspecified atom stereocenters. The normalized spacial score (nSPS) is 22.0. The van der Waals surface area contributed by atoms with Crippen LogP contribution >= 0.6 is 0 Å². The zero-order chi connectivity index (χ0) is 16.9. The van der Waals surface area contributed by atoms with Gasteiger partial charge in [0, 0.05) is 44.0 Å². The van der Waals surface area contributed by atoms with Crippen molar-refractivity contribution in [2.75, 3.05) is 26.2 Å². The Hall–Kier alpha value is -1.76. The smallest absolute Gasteiger partial charge is 0.127 e. The van der Waals surface area contributed by atoms with Gasteiger partial charge in [-0.3, -0.25) is 9.58 Å². The Morgan fingerprint density at radius 1 is 1.38 bits per heavy atom. The first-order valence-corrected chi connectivity index (χ1v) is 8.47. The van der Waals surface area contributed by atoms with E-state index in [0.717, 1.165) is 25.3 Å². The number of ether oxygens (including phenoxy) is 1. The minimum Gasteiger partial charge on any atom is -0.374 e. The monoisotopic (exact) mass is 332 g/mol. The summed E-state index contributed by atoms with van der Waals surface area (Å²) in [7, 11) is 1.93. The molecular formula is C18H25FN4O. The molecule has 6 heteroatoms. The number of nitrogens with one attached hydrogen (secondary N) is 1. The maximum absolute atomic E-state index is 13.7. The molecule has 1 aromatic carbocycles. The molecule has 0 radical (unpaired) electrons. The van der Waals surface area contributed by atoms with Gasteiger partial charge in [0.05, 0.1) is 24.9 Å². The van der Waals surface area contributed by atoms with E-state index >= 15 is 0 Å². The molecule has 0 amide bonds. The minimum atomic E-state index is -0.173. The summed E-state index contributed by atoms with van der Waals surface area (Å²) in [6.45, 7) is 5.94. The molecular weight excluding hydrogens is 307 g/mol. The van der Waals surface area contributed by atoms with Crippen LogP contribution in [-0.4, -0.2) is 47.0 Å². The highest BCUT2D eigenvalue weighted by molar-refractivity contribution is 5.17. The second-order valence-corrected chi connectivity index (χ2v) is 6.15. The number of benzene rings is 1. The van der Waals surface area contributed by atoms with E-state index in [1.54, 1.807) is 12.1 Å². The number of rotatable bonds is 6. The molecule has 2 aromatic rings. The average molecular weight is 332 g/mol. The Kier molecular flexibility index (Phi) is 5.60. The van der Waals surface area contributed by atoms with Crippen LogP contribution in [0.3, 0.4) is 0 Å². The summed E-state index contributed by atoms with van der Waals surface area (Å²) in [4.78, 5) is 2.41. The lowest BCUT2D eigenvalue weighted by Gasteiger charge is -2.40. The van der Waals surface area contributed by atoms with Crippen molar-refractivity contribution in [3.8, 4) is 0 Å². The van der Waals surface area contributed by atoms with Gasteiger partial charge in [-0.2, -0.15) is 5.10 Å². The molecule has 2 heterocycles. The van der Waals surface area contributed by atoms with Gasteiger partial charge in [-0.25, -0.2) is 4.39 Å². The van der Waals surface area contributed by atoms with Crippen molar-refractivity contribution in [3.63, 3.8) is 0 Å². The van der Waals surface area contributed by atoms with Gasteiger partial charge in [-0.15, -0.1) is 0 Å². The third-order valence-corrected chi connectivity index (χ3v) is 4.55. The quantitative estimate of drug-likeness (QED) is 0.880. The first-order chi connectivity index (χ1) is 11.7. The number of hydrogen-bond donors (Lipinski definition) is 1. The fourth-order valence-corrected chi connectivity index (χ4v) is 3.32. The van der Waals surface area contributed by atoms with Crippen LogP contribution in [0.5, 0.6) is 0 Å². The predicted molar refractivity (Wildman–Crippen MR) is 91.0 cm³/mol. The lowest BCUT2D eigenvalue weighted by molar-refractivity contribution is -0.0695. The van der Waals surface area contributed by atoms with E-state index in [1.165, 1.54) is 6.07 Å². The molecule has 130 valence electrons. The van der Waals surface area contributed by atoms with E-state index in [0.29, 0.717) is 18.7 Å². The van der Waals surface area contributed by atoms with Gasteiger partial charge in [-0.1, -0.05) is 25.1 Å². The molecule has 1 fully saturated rings. The molecule has 0 spiro atoms. The molecule has 0 bridgehead atoms. The highest BCUT2D eigenvalue weighted by Gasteiger charge is 2.33. The second kappa shape index (κ2) is 7.88. The molecule has 1 aromatic heterocycles. The van der Waals surface area contributed by atoms with Crippen LogP contribution < -0.4 is 5.32 Å². The fraction of sp³-hybridized carbons (Fsp3) is 0.500. The molecule has 5 nitrogen and oxygen atoms in total. The van der Waals surface area contributed by atoms with Crippen molar-refractivity contribution in [1.29, 1.82) is 0 Å². The molecule has 0 aliphatic carbocycles. The number of halogens is 1. The van der Waals surface area contributed by atoms with Gasteiger partial charge < -0.3 is 10.1 Å². The Labute approximate surface area is 142 Å². The third-order valence-electron chi connectivity index (χ3n) is 4.55. The highest BCUT2D eigenvalue weighted by atomic mass is 19.1. The van der Waals surface area contributed by atoms with Crippen molar-refractivity contribution in [2.45, 2.75) is 25.6 Å². The lowest BCUT2D eigenvalue weighted by Crippen LogP contribution is -2.48. The van der Waals surface area contributed by atoms with E-state index in [1.807, 2.05) is 30.2 Å². The van der Waals surface area contributed by atoms with Crippen molar-refractivity contribution >= 4 is 0 Å². The van der Waals surface area contributed by atoms with E-state index in [9.17, 15) is 4.39 Å². The van der Waals surface area contributed by atoms with Crippen LogP contribution in [0.15, 0.2) is 36.7 Å². The summed E-state index contributed by atoms with van der Waals surface area (Å²) in [5.74, 6) is -0.173. The molecule has 3 rings (SSSR count). The third kappa shape index (κ3) is 3.83. The van der Waals surface area contributed by atoms with E-state index in [4.69, 9.17) is 4.74 Å². The summed E-state index contributed by atoms with van der Waals surface area (Å²) in [5.41, 5.74) is 1.84. The highest BCUT2D eigenvalue weighted by Crippen LogP contribution is 2.28. The number of nitrogens with zero attached hydrogens (tertiary/aromatic N) is 3. The largest absolute Gasteiger partial charge is 0.374 e. The molecule has 1 aliphatic heterocycles. The maximum Gasteiger partial charge on any atom is 0.127 e. The molecule has 1 N–H and O–H groups in total. The fourth-order valence-electron chi connectivity index (χ4n) is 3.32. The van der Waals surface area contributed by atoms with Crippen molar-refractivity contribution in [2.24, 2.45) is 7.05 Å². The lowest BCUT2D eigenvalue weighted by atomic mass is 10.0. The Balaban J connectivity index is 1.66. The maximum atomic E-state index is 13.7. The zero-order valence-electron chi connectivity index (χ0n) is 14.3. The number of aromatic nitrogens is 2. The SMILES string of the molecule is CCN1CCO[C@@H](CNCc2ccccc2F)[C@@H]1c1cnn(C)c1. The summed E-state index contributed by atoms with van der Waals surface area (Å²) in [5, 5.41) is 7.64. The Morgan fingerprint density at radius 3 is 2.92 bits per heavy atom. The molecule has 1 aliphatic rings. The number of morpholine rings is 1. The van der Waals surface area contributed by atoms with E-state index in [-0.39, 0.29) is 18.0 Å². The molecule has 1 saturated heterocycles. The first-order valence-electron chi connectivity index (χ1n) is 8.47. The molecule has 24 heavy (non-hydrogen) atoms. The summed E-state index contributed by atoms with van der Waals surface area (Å²) in [6.07, 6.45) is 3.98. The Morgan fingerprint density at radius 2 is 2.21 bits per heavy atom. The average Bonchev–Trinajstić information content (AvgIpc) is 3.02. The van der Waals surface area contributed by atoms with Crippen LogP contribution in [0.2, 0.25) is 0 Å². The molecule has 0 saturated carbocycles. The minimum absolute atomic E-state index is 0.0228. The van der Waals surface area contributed by atoms with Crippen LogP contribution in [0.25, 0.3) is 0 Å². The van der Waals surface area contributed by atoms with Gasteiger partial charge in [0.2, 0.25) is 0 Å². The van der Waals surface area contributed by atoms with Crippen molar-refractivity contribution < 1.29 is 9.13 Å². The van der Waals surface area contributed by atoms with Gasteiger partial charge in [0.15, 0.2) is 0 Å². The van der Waals surface area contributed by atoms with Gasteiger partial charge in [0.1, 0.15) is 5.82 Å². The number of aryl methyl sites for hydroxylation is 1.